The first-order chi connectivity index (χ1) is 14.6. The lowest BCUT2D eigenvalue weighted by molar-refractivity contribution is 0.101. The van der Waals surface area contributed by atoms with Crippen molar-refractivity contribution >= 4 is 23.2 Å². The van der Waals surface area contributed by atoms with E-state index in [0.717, 1.165) is 0 Å². The van der Waals surface area contributed by atoms with Crippen LogP contribution in [0.5, 0.6) is 11.5 Å². The van der Waals surface area contributed by atoms with Crippen molar-refractivity contribution in [3.63, 3.8) is 0 Å². The molecule has 2 N–H and O–H groups in total. The molecule has 0 spiro atoms. The highest BCUT2D eigenvalue weighted by molar-refractivity contribution is 6.06. The summed E-state index contributed by atoms with van der Waals surface area (Å²) < 4.78 is 11.0. The third-order valence-corrected chi connectivity index (χ3v) is 4.08. The molecule has 0 bridgehead atoms. The maximum Gasteiger partial charge on any atom is 0.274 e. The largest absolute Gasteiger partial charge is 0.492 e. The summed E-state index contributed by atoms with van der Waals surface area (Å²) in [7, 11) is 0. The zero-order chi connectivity index (χ0) is 21.3. The van der Waals surface area contributed by atoms with Crippen molar-refractivity contribution < 1.29 is 19.1 Å². The monoisotopic (exact) mass is 405 g/mol. The molecule has 0 aliphatic rings. The van der Waals surface area contributed by atoms with Crippen LogP contribution >= 0.6 is 0 Å². The summed E-state index contributed by atoms with van der Waals surface area (Å²) in [5.41, 5.74) is 1.30. The first-order valence-electron chi connectivity index (χ1n) is 9.65. The highest BCUT2D eigenvalue weighted by Crippen LogP contribution is 2.25. The van der Waals surface area contributed by atoms with Gasteiger partial charge in [0.05, 0.1) is 24.6 Å². The number of nitrogens with zero attached hydrogens (tertiary/aromatic N) is 1. The lowest BCUT2D eigenvalue weighted by Crippen LogP contribution is -2.19. The number of benzene rings is 2. The Hall–Kier alpha value is -3.87. The van der Waals surface area contributed by atoms with E-state index < -0.39 is 11.8 Å². The number of pyridine rings is 1. The number of rotatable bonds is 8. The van der Waals surface area contributed by atoms with Gasteiger partial charge in [0.1, 0.15) is 22.9 Å². The first kappa shape index (κ1) is 20.9. The maximum atomic E-state index is 12.7. The van der Waals surface area contributed by atoms with Crippen molar-refractivity contribution in [3.8, 4) is 11.5 Å². The second kappa shape index (κ2) is 10.1. The number of carbonyl (C=O) groups excluding carboxylic acids is 2. The van der Waals surface area contributed by atoms with Crippen molar-refractivity contribution in [3.05, 3.63) is 78.1 Å². The van der Waals surface area contributed by atoms with Crippen molar-refractivity contribution in [2.24, 2.45) is 0 Å². The fraction of sp³-hybridized carbons (Fsp3) is 0.174. The van der Waals surface area contributed by atoms with Gasteiger partial charge < -0.3 is 20.1 Å². The summed E-state index contributed by atoms with van der Waals surface area (Å²) >= 11 is 0. The minimum absolute atomic E-state index is 0.118. The van der Waals surface area contributed by atoms with Crippen LogP contribution in [0.2, 0.25) is 0 Å². The van der Waals surface area contributed by atoms with E-state index in [1.54, 1.807) is 54.6 Å². The second-order valence-corrected chi connectivity index (χ2v) is 6.17. The van der Waals surface area contributed by atoms with Crippen LogP contribution in [0.3, 0.4) is 0 Å². The molecule has 154 valence electrons. The van der Waals surface area contributed by atoms with Gasteiger partial charge in [-0.05, 0) is 50.2 Å². The van der Waals surface area contributed by atoms with Crippen LogP contribution in [0.1, 0.15) is 34.8 Å². The number of nitrogens with one attached hydrogen (secondary N) is 2. The van der Waals surface area contributed by atoms with E-state index >= 15 is 0 Å². The number of aromatic nitrogens is 1. The van der Waals surface area contributed by atoms with Gasteiger partial charge in [-0.1, -0.05) is 30.3 Å². The van der Waals surface area contributed by atoms with Crippen molar-refractivity contribution in [1.29, 1.82) is 0 Å². The Kier molecular flexibility index (Phi) is 7.00. The Morgan fingerprint density at radius 3 is 1.57 bits per heavy atom. The van der Waals surface area contributed by atoms with Gasteiger partial charge >= 0.3 is 0 Å². The summed E-state index contributed by atoms with van der Waals surface area (Å²) in [6, 6.07) is 19.0. The van der Waals surface area contributed by atoms with Gasteiger partial charge in [0, 0.05) is 0 Å². The number of hydrogen-bond donors (Lipinski definition) is 2. The average molecular weight is 405 g/mol. The quantitative estimate of drug-likeness (QED) is 0.580. The third-order valence-electron chi connectivity index (χ3n) is 4.08. The molecule has 0 unspecified atom stereocenters. The number of hydrogen-bond acceptors (Lipinski definition) is 5. The van der Waals surface area contributed by atoms with Gasteiger partial charge in [0.25, 0.3) is 11.8 Å². The van der Waals surface area contributed by atoms with Gasteiger partial charge in [-0.3, -0.25) is 9.59 Å². The first-order valence-corrected chi connectivity index (χ1v) is 9.65. The molecule has 7 nitrogen and oxygen atoms in total. The van der Waals surface area contributed by atoms with E-state index in [2.05, 4.69) is 15.6 Å². The average Bonchev–Trinajstić information content (AvgIpc) is 2.77. The second-order valence-electron chi connectivity index (χ2n) is 6.17. The molecule has 3 rings (SSSR count). The zero-order valence-corrected chi connectivity index (χ0v) is 16.8. The number of anilines is 2. The molecular formula is C23H23N3O4. The highest BCUT2D eigenvalue weighted by atomic mass is 16.5. The normalized spacial score (nSPS) is 10.2. The Labute approximate surface area is 175 Å². The van der Waals surface area contributed by atoms with Gasteiger partial charge in [-0.15, -0.1) is 0 Å². The summed E-state index contributed by atoms with van der Waals surface area (Å²) in [6.45, 7) is 4.69. The van der Waals surface area contributed by atoms with Crippen LogP contribution in [0.25, 0.3) is 0 Å². The Bertz CT molecular complexity index is 957. The van der Waals surface area contributed by atoms with Crippen LogP contribution in [0.15, 0.2) is 66.7 Å². The SMILES string of the molecule is CCOc1ccccc1NC(=O)c1cccc(C(=O)Nc2ccccc2OCC)n1. The van der Waals surface area contributed by atoms with Crippen LogP contribution in [-0.4, -0.2) is 30.0 Å². The fourth-order valence-corrected chi connectivity index (χ4v) is 2.76. The van der Waals surface area contributed by atoms with E-state index in [0.29, 0.717) is 36.1 Å². The third kappa shape index (κ3) is 5.14. The molecule has 2 amide bonds. The predicted molar refractivity (Wildman–Crippen MR) is 115 cm³/mol. The molecule has 0 saturated heterocycles. The topological polar surface area (TPSA) is 89.5 Å². The van der Waals surface area contributed by atoms with Crippen LogP contribution in [-0.2, 0) is 0 Å². The highest BCUT2D eigenvalue weighted by Gasteiger charge is 2.15. The van der Waals surface area contributed by atoms with Gasteiger partial charge in [-0.25, -0.2) is 4.98 Å². The van der Waals surface area contributed by atoms with E-state index in [4.69, 9.17) is 9.47 Å². The van der Waals surface area contributed by atoms with Crippen molar-refractivity contribution in [1.82, 2.24) is 4.98 Å². The minimum Gasteiger partial charge on any atom is -0.492 e. The van der Waals surface area contributed by atoms with Crippen LogP contribution in [0, 0.1) is 0 Å². The number of amides is 2. The molecule has 0 aliphatic heterocycles. The van der Waals surface area contributed by atoms with Crippen LogP contribution < -0.4 is 20.1 Å². The predicted octanol–water partition coefficient (Wildman–Crippen LogP) is 4.38. The molecular weight excluding hydrogens is 382 g/mol. The Morgan fingerprint density at radius 2 is 1.13 bits per heavy atom. The number of carbonyl (C=O) groups is 2. The van der Waals surface area contributed by atoms with E-state index in [1.807, 2.05) is 26.0 Å². The zero-order valence-electron chi connectivity index (χ0n) is 16.8. The van der Waals surface area contributed by atoms with Gasteiger partial charge in [-0.2, -0.15) is 0 Å². The molecule has 0 aliphatic carbocycles. The molecule has 1 heterocycles. The fourth-order valence-electron chi connectivity index (χ4n) is 2.76. The molecule has 0 atom stereocenters. The number of para-hydroxylation sites is 4. The van der Waals surface area contributed by atoms with Crippen molar-refractivity contribution in [2.45, 2.75) is 13.8 Å². The molecule has 0 saturated carbocycles. The lowest BCUT2D eigenvalue weighted by atomic mass is 10.2. The summed E-state index contributed by atoms with van der Waals surface area (Å²) in [5, 5.41) is 5.55. The van der Waals surface area contributed by atoms with Gasteiger partial charge in [0.2, 0.25) is 0 Å². The minimum atomic E-state index is -0.438. The smallest absolute Gasteiger partial charge is 0.274 e. The number of ether oxygens (including phenoxy) is 2. The summed E-state index contributed by atoms with van der Waals surface area (Å²) in [4.78, 5) is 29.5. The van der Waals surface area contributed by atoms with Gasteiger partial charge in [0.15, 0.2) is 0 Å². The van der Waals surface area contributed by atoms with E-state index in [-0.39, 0.29) is 11.4 Å². The molecule has 2 aromatic carbocycles. The van der Waals surface area contributed by atoms with Crippen LogP contribution in [0.4, 0.5) is 11.4 Å². The van der Waals surface area contributed by atoms with Crippen molar-refractivity contribution in [2.75, 3.05) is 23.8 Å². The molecule has 0 radical (unpaired) electrons. The summed E-state index contributed by atoms with van der Waals surface area (Å²) in [5.74, 6) is 0.252. The molecule has 1 aromatic heterocycles. The maximum absolute atomic E-state index is 12.7. The summed E-state index contributed by atoms with van der Waals surface area (Å²) in [6.07, 6.45) is 0. The molecule has 7 heteroatoms. The standard InChI is InChI=1S/C23H23N3O4/c1-3-29-20-14-7-5-10-16(20)25-22(27)18-12-9-13-19(24-18)23(28)26-17-11-6-8-15-21(17)30-4-2/h5-15H,3-4H2,1-2H3,(H,25,27)(H,26,28). The molecule has 3 aromatic rings. The lowest BCUT2D eigenvalue weighted by Gasteiger charge is -2.12. The van der Waals surface area contributed by atoms with E-state index in [1.165, 1.54) is 0 Å². The molecule has 30 heavy (non-hydrogen) atoms. The van der Waals surface area contributed by atoms with E-state index in [9.17, 15) is 9.59 Å². The molecule has 0 fully saturated rings. The Morgan fingerprint density at radius 1 is 0.700 bits per heavy atom. The Balaban J connectivity index is 1.76.